The highest BCUT2D eigenvalue weighted by Gasteiger charge is 2.46. The molecule has 1 aromatic heterocycles. The van der Waals surface area contributed by atoms with Crippen LogP contribution in [0.4, 0.5) is 0 Å². The normalized spacial score (nSPS) is 18.3. The van der Waals surface area contributed by atoms with Crippen LogP contribution in [0.2, 0.25) is 0 Å². The number of carbonyl (C=O) groups excluding carboxylic acids is 2. The number of ether oxygens (including phenoxy) is 1. The number of pyridine rings is 1. The molecule has 7 nitrogen and oxygen atoms in total. The highest BCUT2D eigenvalue weighted by molar-refractivity contribution is 6.46. The van der Waals surface area contributed by atoms with E-state index in [9.17, 15) is 14.7 Å². The molecule has 1 N–H and O–H groups in total. The Balaban J connectivity index is 2.02. The van der Waals surface area contributed by atoms with Gasteiger partial charge in [-0.3, -0.25) is 14.6 Å². The predicted octanol–water partition coefficient (Wildman–Crippen LogP) is 2.85. The van der Waals surface area contributed by atoms with Gasteiger partial charge < -0.3 is 19.6 Å². The van der Waals surface area contributed by atoms with E-state index in [-0.39, 0.29) is 11.3 Å². The number of carbonyl (C=O) groups is 2. The van der Waals surface area contributed by atoms with Gasteiger partial charge in [-0.25, -0.2) is 0 Å². The first kappa shape index (κ1) is 21.5. The molecule has 0 radical (unpaired) electrons. The lowest BCUT2D eigenvalue weighted by atomic mass is 9.98. The first-order chi connectivity index (χ1) is 14.4. The van der Waals surface area contributed by atoms with Crippen molar-refractivity contribution in [2.75, 3.05) is 33.8 Å². The molecule has 3 rings (SSSR count). The number of rotatable bonds is 8. The Labute approximate surface area is 176 Å². The van der Waals surface area contributed by atoms with Crippen LogP contribution in [0.15, 0.2) is 54.2 Å². The number of benzene rings is 1. The van der Waals surface area contributed by atoms with E-state index in [0.29, 0.717) is 36.6 Å². The molecule has 2 heterocycles. The van der Waals surface area contributed by atoms with Crippen LogP contribution < -0.4 is 4.74 Å². The summed E-state index contributed by atoms with van der Waals surface area (Å²) in [6, 6.07) is 11.4. The minimum absolute atomic E-state index is 0.0627. The number of hydrogen-bond acceptors (Lipinski definition) is 6. The van der Waals surface area contributed by atoms with E-state index in [1.54, 1.807) is 48.7 Å². The van der Waals surface area contributed by atoms with Gasteiger partial charge in [0.1, 0.15) is 17.6 Å². The fourth-order valence-corrected chi connectivity index (χ4v) is 3.54. The summed E-state index contributed by atoms with van der Waals surface area (Å²) in [6.45, 7) is 3.59. The molecular weight excluding hydrogens is 382 g/mol. The number of likely N-dealkylation sites (tertiary alicyclic amines) is 1. The van der Waals surface area contributed by atoms with E-state index in [1.165, 1.54) is 4.90 Å². The van der Waals surface area contributed by atoms with E-state index in [0.717, 1.165) is 6.54 Å². The Morgan fingerprint density at radius 3 is 2.50 bits per heavy atom. The average molecular weight is 409 g/mol. The number of hydrogen-bond donors (Lipinski definition) is 1. The van der Waals surface area contributed by atoms with E-state index in [1.807, 2.05) is 25.9 Å². The van der Waals surface area contributed by atoms with Gasteiger partial charge in [0.05, 0.1) is 17.9 Å². The zero-order chi connectivity index (χ0) is 21.7. The molecule has 0 unspecified atom stereocenters. The molecule has 158 valence electrons. The van der Waals surface area contributed by atoms with Gasteiger partial charge in [-0.1, -0.05) is 6.07 Å². The minimum atomic E-state index is -0.722. The molecule has 0 spiro atoms. The first-order valence-electron chi connectivity index (χ1n) is 10.0. The van der Waals surface area contributed by atoms with Crippen molar-refractivity contribution in [3.63, 3.8) is 0 Å². The molecule has 1 fully saturated rings. The van der Waals surface area contributed by atoms with Crippen molar-refractivity contribution < 1.29 is 19.4 Å². The number of ketones is 1. The third-order valence-corrected chi connectivity index (χ3v) is 4.95. The molecule has 1 aliphatic rings. The van der Waals surface area contributed by atoms with Crippen molar-refractivity contribution in [3.05, 3.63) is 65.5 Å². The number of aliphatic hydroxyl groups is 1. The van der Waals surface area contributed by atoms with Crippen LogP contribution in [-0.4, -0.2) is 65.4 Å². The number of aromatic nitrogens is 1. The zero-order valence-electron chi connectivity index (χ0n) is 17.5. The van der Waals surface area contributed by atoms with Crippen molar-refractivity contribution in [2.24, 2.45) is 0 Å². The lowest BCUT2D eigenvalue weighted by Gasteiger charge is -2.25. The molecule has 0 saturated carbocycles. The molecule has 30 heavy (non-hydrogen) atoms. The highest BCUT2D eigenvalue weighted by atomic mass is 16.5. The van der Waals surface area contributed by atoms with Crippen LogP contribution in [0.1, 0.15) is 30.6 Å². The molecule has 0 aliphatic carbocycles. The summed E-state index contributed by atoms with van der Waals surface area (Å²) in [4.78, 5) is 33.6. The van der Waals surface area contributed by atoms with Crippen LogP contribution in [0, 0.1) is 0 Å². The smallest absolute Gasteiger partial charge is 0.295 e. The second-order valence-electron chi connectivity index (χ2n) is 7.36. The predicted molar refractivity (Wildman–Crippen MR) is 114 cm³/mol. The van der Waals surface area contributed by atoms with E-state index < -0.39 is 17.7 Å². The molecular formula is C23H27N3O4. The van der Waals surface area contributed by atoms with E-state index >= 15 is 0 Å². The van der Waals surface area contributed by atoms with Gasteiger partial charge in [0, 0.05) is 18.3 Å². The van der Waals surface area contributed by atoms with E-state index in [4.69, 9.17) is 4.74 Å². The number of nitrogens with zero attached hydrogens (tertiary/aromatic N) is 3. The van der Waals surface area contributed by atoms with Crippen molar-refractivity contribution in [1.82, 2.24) is 14.8 Å². The lowest BCUT2D eigenvalue weighted by Crippen LogP contribution is -2.32. The summed E-state index contributed by atoms with van der Waals surface area (Å²) in [5.74, 6) is -0.847. The average Bonchev–Trinajstić information content (AvgIpc) is 2.99. The van der Waals surface area contributed by atoms with Crippen molar-refractivity contribution >= 4 is 17.4 Å². The monoisotopic (exact) mass is 409 g/mol. The van der Waals surface area contributed by atoms with Crippen LogP contribution in [0.3, 0.4) is 0 Å². The topological polar surface area (TPSA) is 83.0 Å². The van der Waals surface area contributed by atoms with E-state index in [2.05, 4.69) is 4.98 Å². The van der Waals surface area contributed by atoms with Gasteiger partial charge in [0.2, 0.25) is 0 Å². The fourth-order valence-electron chi connectivity index (χ4n) is 3.54. The van der Waals surface area contributed by atoms with Gasteiger partial charge in [-0.15, -0.1) is 0 Å². The largest absolute Gasteiger partial charge is 0.507 e. The molecule has 1 aliphatic heterocycles. The molecule has 1 saturated heterocycles. The summed E-state index contributed by atoms with van der Waals surface area (Å²) < 4.78 is 5.43. The SMILES string of the molecule is CCOc1ccc(C(O)=C2C(=O)C(=O)N(CCCN(C)C)[C@H]2c2ccccn2)cc1. The molecule has 2 aromatic rings. The molecule has 1 amide bonds. The van der Waals surface area contributed by atoms with Crippen molar-refractivity contribution in [2.45, 2.75) is 19.4 Å². The Hall–Kier alpha value is -3.19. The molecule has 1 aromatic carbocycles. The summed E-state index contributed by atoms with van der Waals surface area (Å²) in [5.41, 5.74) is 1.06. The Kier molecular flexibility index (Phi) is 6.84. The number of aliphatic hydroxyl groups excluding tert-OH is 1. The van der Waals surface area contributed by atoms with Gasteiger partial charge in [-0.2, -0.15) is 0 Å². The Bertz CT molecular complexity index is 923. The maximum Gasteiger partial charge on any atom is 0.295 e. The molecule has 1 atom stereocenters. The Morgan fingerprint density at radius 2 is 1.90 bits per heavy atom. The van der Waals surface area contributed by atoms with Crippen LogP contribution >= 0.6 is 0 Å². The molecule has 7 heteroatoms. The highest BCUT2D eigenvalue weighted by Crippen LogP contribution is 2.38. The maximum absolute atomic E-state index is 12.9. The second kappa shape index (κ2) is 9.54. The van der Waals surface area contributed by atoms with Gasteiger partial charge in [-0.05, 0) is 70.4 Å². The minimum Gasteiger partial charge on any atom is -0.507 e. The zero-order valence-corrected chi connectivity index (χ0v) is 17.5. The fraction of sp³-hybridized carbons (Fsp3) is 0.348. The second-order valence-corrected chi connectivity index (χ2v) is 7.36. The number of amides is 1. The van der Waals surface area contributed by atoms with Crippen LogP contribution in [-0.2, 0) is 9.59 Å². The Morgan fingerprint density at radius 1 is 1.17 bits per heavy atom. The number of Topliss-reactive ketones (excluding diaryl/α,β-unsaturated/α-hetero) is 1. The maximum atomic E-state index is 12.9. The summed E-state index contributed by atoms with van der Waals surface area (Å²) in [5, 5.41) is 11.0. The lowest BCUT2D eigenvalue weighted by molar-refractivity contribution is -0.140. The first-order valence-corrected chi connectivity index (χ1v) is 10.0. The van der Waals surface area contributed by atoms with Gasteiger partial charge >= 0.3 is 0 Å². The van der Waals surface area contributed by atoms with Gasteiger partial charge in [0.25, 0.3) is 11.7 Å². The van der Waals surface area contributed by atoms with Gasteiger partial charge in [0.15, 0.2) is 0 Å². The third kappa shape index (κ3) is 4.52. The molecule has 0 bridgehead atoms. The standard InChI is InChI=1S/C23H27N3O4/c1-4-30-17-11-9-16(10-12-17)21(27)19-20(18-8-5-6-13-24-18)26(23(29)22(19)28)15-7-14-25(2)3/h5-6,8-13,20,27H,4,7,14-15H2,1-3H3/t20-/m0/s1. The summed E-state index contributed by atoms with van der Waals surface area (Å²) >= 11 is 0. The third-order valence-electron chi connectivity index (χ3n) is 4.95. The van der Waals surface area contributed by atoms with Crippen LogP contribution in [0.25, 0.3) is 5.76 Å². The van der Waals surface area contributed by atoms with Crippen molar-refractivity contribution in [1.29, 1.82) is 0 Å². The summed E-state index contributed by atoms with van der Waals surface area (Å²) in [6.07, 6.45) is 2.32. The van der Waals surface area contributed by atoms with Crippen molar-refractivity contribution in [3.8, 4) is 5.75 Å². The van der Waals surface area contributed by atoms with Crippen LogP contribution in [0.5, 0.6) is 5.75 Å². The summed E-state index contributed by atoms with van der Waals surface area (Å²) in [7, 11) is 3.91. The quantitative estimate of drug-likeness (QED) is 0.410.